The lowest BCUT2D eigenvalue weighted by Gasteiger charge is -2.26. The maximum absolute atomic E-state index is 12.7. The number of halogens is 4. The molecule has 4 aliphatic rings. The van der Waals surface area contributed by atoms with Crippen LogP contribution >= 0.6 is 0 Å². The van der Waals surface area contributed by atoms with Crippen molar-refractivity contribution in [1.82, 2.24) is 24.5 Å². The summed E-state index contributed by atoms with van der Waals surface area (Å²) in [5.74, 6) is -7.50. The molecule has 4 heterocycles. The zero-order valence-corrected chi connectivity index (χ0v) is 39.6. The normalized spacial score (nSPS) is 19.7. The lowest BCUT2D eigenvalue weighted by Crippen LogP contribution is -2.35. The lowest BCUT2D eigenvalue weighted by molar-refractivity contribution is -0.143. The van der Waals surface area contributed by atoms with Gasteiger partial charge in [0.15, 0.2) is 5.78 Å². The first kappa shape index (κ1) is 59.0. The minimum Gasteiger partial charge on any atom is -0.343 e. The molecule has 0 aliphatic carbocycles. The molecule has 0 aromatic rings. The highest BCUT2D eigenvalue weighted by molar-refractivity contribution is 5.85. The van der Waals surface area contributed by atoms with Crippen molar-refractivity contribution in [1.29, 1.82) is 0 Å². The van der Waals surface area contributed by atoms with Crippen LogP contribution < -0.4 is 0 Å². The Balaban J connectivity index is 0. The van der Waals surface area contributed by atoms with E-state index in [9.17, 15) is 36.7 Å². The van der Waals surface area contributed by atoms with Crippen LogP contribution in [0.2, 0.25) is 0 Å². The second-order valence-corrected chi connectivity index (χ2v) is 16.8. The van der Waals surface area contributed by atoms with Gasteiger partial charge in [-0.2, -0.15) is 17.6 Å². The zero-order valence-electron chi connectivity index (χ0n) is 39.6. The Bertz CT molecular complexity index is 1050. The van der Waals surface area contributed by atoms with Gasteiger partial charge in [0.2, 0.25) is 17.6 Å². The van der Waals surface area contributed by atoms with Gasteiger partial charge in [-0.3, -0.25) is 19.2 Å². The summed E-state index contributed by atoms with van der Waals surface area (Å²) in [5, 5.41) is 0. The first-order valence-electron chi connectivity index (χ1n) is 23.2. The number of piperidine rings is 2. The summed E-state index contributed by atoms with van der Waals surface area (Å²) < 4.78 is 49.3. The van der Waals surface area contributed by atoms with Gasteiger partial charge < -0.3 is 24.5 Å². The summed E-state index contributed by atoms with van der Waals surface area (Å²) in [6.45, 7) is 19.5. The molecule has 4 aliphatic heterocycles. The molecule has 0 spiro atoms. The van der Waals surface area contributed by atoms with Crippen molar-refractivity contribution in [2.45, 2.75) is 201 Å². The molecule has 9 nitrogen and oxygen atoms in total. The van der Waals surface area contributed by atoms with E-state index in [1.54, 1.807) is 0 Å². The number of carbonyl (C=O) groups excluding carboxylic acids is 4. The lowest BCUT2D eigenvalue weighted by atomic mass is 10.1. The number of rotatable bonds is 14. The third kappa shape index (κ3) is 28.2. The number of nitrogens with zero attached hydrogens (tertiary/aromatic N) is 5. The molecule has 0 N–H and O–H groups in total. The number of amides is 2. The largest absolute Gasteiger partial charge is 0.343 e. The fourth-order valence-corrected chi connectivity index (χ4v) is 7.21. The van der Waals surface area contributed by atoms with Crippen LogP contribution in [0.4, 0.5) is 17.6 Å². The van der Waals surface area contributed by atoms with Gasteiger partial charge in [0.1, 0.15) is 0 Å². The number of alkyl halides is 4. The number of Topliss-reactive ketones (excluding diaryl/α,β-unsaturated/α-hetero) is 2. The van der Waals surface area contributed by atoms with Crippen LogP contribution in [-0.2, 0) is 19.2 Å². The summed E-state index contributed by atoms with van der Waals surface area (Å²) >= 11 is 0. The van der Waals surface area contributed by atoms with E-state index < -0.39 is 36.3 Å². The molecular formula is C46H89F4N5O4. The van der Waals surface area contributed by atoms with E-state index >= 15 is 0 Å². The summed E-state index contributed by atoms with van der Waals surface area (Å²) in [6, 6.07) is 1.80. The number of hydrogen-bond acceptors (Lipinski definition) is 7. The van der Waals surface area contributed by atoms with Crippen molar-refractivity contribution in [3.63, 3.8) is 0 Å². The van der Waals surface area contributed by atoms with Crippen LogP contribution in [0.1, 0.15) is 177 Å². The highest BCUT2D eigenvalue weighted by Crippen LogP contribution is 2.22. The fourth-order valence-electron chi connectivity index (χ4n) is 7.21. The molecule has 59 heavy (non-hydrogen) atoms. The summed E-state index contributed by atoms with van der Waals surface area (Å²) in [4.78, 5) is 54.3. The van der Waals surface area contributed by atoms with Crippen molar-refractivity contribution < 1.29 is 36.7 Å². The molecule has 350 valence electrons. The van der Waals surface area contributed by atoms with Crippen molar-refractivity contribution in [3.05, 3.63) is 0 Å². The average molecular weight is 852 g/mol. The molecule has 0 unspecified atom stereocenters. The van der Waals surface area contributed by atoms with E-state index in [4.69, 9.17) is 0 Å². The highest BCUT2D eigenvalue weighted by Gasteiger charge is 2.35. The van der Waals surface area contributed by atoms with Gasteiger partial charge in [-0.05, 0) is 144 Å². The third-order valence-electron chi connectivity index (χ3n) is 11.5. The quantitative estimate of drug-likeness (QED) is 0.161. The second kappa shape index (κ2) is 34.5. The zero-order chi connectivity index (χ0) is 45.4. The Morgan fingerprint density at radius 3 is 1.15 bits per heavy atom. The van der Waals surface area contributed by atoms with Crippen LogP contribution in [0.3, 0.4) is 0 Å². The summed E-state index contributed by atoms with van der Waals surface area (Å²) in [7, 11) is 8.15. The molecule has 0 aromatic carbocycles. The van der Waals surface area contributed by atoms with Crippen LogP contribution in [0, 0.1) is 0 Å². The minimum absolute atomic E-state index is 0.0288. The van der Waals surface area contributed by atoms with Gasteiger partial charge in [-0.15, -0.1) is 0 Å². The smallest absolute Gasteiger partial charge is 0.305 e. The van der Waals surface area contributed by atoms with Crippen molar-refractivity contribution in [2.24, 2.45) is 0 Å². The Labute approximate surface area is 358 Å². The predicted molar refractivity (Wildman–Crippen MR) is 237 cm³/mol. The van der Waals surface area contributed by atoms with E-state index in [0.717, 1.165) is 70.9 Å². The van der Waals surface area contributed by atoms with Crippen LogP contribution in [0.25, 0.3) is 0 Å². The van der Waals surface area contributed by atoms with Crippen molar-refractivity contribution >= 4 is 23.4 Å². The van der Waals surface area contributed by atoms with Gasteiger partial charge in [-0.25, -0.2) is 0 Å². The van der Waals surface area contributed by atoms with Gasteiger partial charge in [0.05, 0.1) is 0 Å². The number of carbonyl (C=O) groups is 4. The maximum atomic E-state index is 12.7. The molecule has 2 amide bonds. The highest BCUT2D eigenvalue weighted by atomic mass is 19.3. The molecule has 4 rings (SSSR count). The Kier molecular flexibility index (Phi) is 34.4. The van der Waals surface area contributed by atoms with Crippen LogP contribution in [0.15, 0.2) is 0 Å². The SMILES string of the molecule is CCC(F)(F)C(=O)CCCN(C)C.CCC(F)(F)C(C)=O.CCCC(=O)N1CCCCC1.CCCC(=O)N1CCCCC1.CC[C@@H]1CCCN1C.CC[C@H]1CCCN1C. The average Bonchev–Trinajstić information content (AvgIpc) is 3.86. The fraction of sp³-hybridized carbons (Fsp3) is 0.913. The summed E-state index contributed by atoms with van der Waals surface area (Å²) in [6.07, 6.45) is 18.9. The van der Waals surface area contributed by atoms with Gasteiger partial charge in [0.25, 0.3) is 0 Å². The van der Waals surface area contributed by atoms with Gasteiger partial charge >= 0.3 is 11.8 Å². The summed E-state index contributed by atoms with van der Waals surface area (Å²) in [5.41, 5.74) is 0. The van der Waals surface area contributed by atoms with E-state index in [2.05, 4.69) is 51.6 Å². The Morgan fingerprint density at radius 1 is 0.559 bits per heavy atom. The molecule has 0 radical (unpaired) electrons. The standard InChI is InChI=1S/C9H17F2NO.2C9H17NO.2C7H15N.C5H8F2O/c1-4-9(10,11)8(13)6-5-7-12(2)3;2*1-2-6-9(11)10-7-4-3-5-8-10;2*1-3-7-5-4-6-8(7)2;1-3-5(6,7)4(2)8/h4-7H2,1-3H3;2*2-8H2,1H3;2*7H,3-6H2,1-2H3;3H2,1-2H3/t;;;2*7-;/m...10./s1. The van der Waals surface area contributed by atoms with Crippen LogP contribution in [-0.4, -0.2) is 146 Å². The molecule has 0 aromatic heterocycles. The topological polar surface area (TPSA) is 84.5 Å². The molecule has 2 atom stereocenters. The molecule has 13 heteroatoms. The second-order valence-electron chi connectivity index (χ2n) is 16.8. The van der Waals surface area contributed by atoms with E-state index in [1.165, 1.54) is 104 Å². The molecule has 4 saturated heterocycles. The van der Waals surface area contributed by atoms with E-state index in [0.29, 0.717) is 24.8 Å². The van der Waals surface area contributed by atoms with Crippen molar-refractivity contribution in [3.8, 4) is 0 Å². The number of likely N-dealkylation sites (tertiary alicyclic amines) is 4. The molecule has 0 saturated carbocycles. The van der Waals surface area contributed by atoms with E-state index in [1.807, 2.05) is 28.8 Å². The maximum Gasteiger partial charge on any atom is 0.305 e. The predicted octanol–water partition coefficient (Wildman–Crippen LogP) is 10.1. The molecule has 0 bridgehead atoms. The Hall–Kier alpha value is -2.12. The first-order valence-corrected chi connectivity index (χ1v) is 23.2. The Morgan fingerprint density at radius 2 is 0.932 bits per heavy atom. The third-order valence-corrected chi connectivity index (χ3v) is 11.5. The van der Waals surface area contributed by atoms with Crippen LogP contribution in [0.5, 0.6) is 0 Å². The number of hydrogen-bond donors (Lipinski definition) is 0. The van der Waals surface area contributed by atoms with E-state index in [-0.39, 0.29) is 6.42 Å². The monoisotopic (exact) mass is 852 g/mol. The van der Waals surface area contributed by atoms with Crippen molar-refractivity contribution in [2.75, 3.05) is 74.0 Å². The molecular weight excluding hydrogens is 763 g/mol. The van der Waals surface area contributed by atoms with Gasteiger partial charge in [-0.1, -0.05) is 41.5 Å². The minimum atomic E-state index is -3.12. The first-order chi connectivity index (χ1) is 27.8. The number of ketones is 2. The van der Waals surface area contributed by atoms with Gasteiger partial charge in [0, 0.05) is 77.3 Å². The molecule has 4 fully saturated rings.